The van der Waals surface area contributed by atoms with Crippen LogP contribution < -0.4 is 9.62 Å². The molecule has 7 nitrogen and oxygen atoms in total. The van der Waals surface area contributed by atoms with Crippen molar-refractivity contribution >= 4 is 27.5 Å². The third kappa shape index (κ3) is 6.25. The Kier molecular flexibility index (Phi) is 8.76. The summed E-state index contributed by atoms with van der Waals surface area (Å²) in [5.41, 5.74) is 0.796. The number of nitrogens with zero attached hydrogens (tertiary/aromatic N) is 2. The molecule has 0 aliphatic rings. The molecule has 2 amide bonds. The summed E-state index contributed by atoms with van der Waals surface area (Å²) in [6.07, 6.45) is 0.267. The average molecular weight is 516 g/mol. The smallest absolute Gasteiger partial charge is 0.264 e. The first kappa shape index (κ1) is 26.8. The molecule has 0 bridgehead atoms. The van der Waals surface area contributed by atoms with Gasteiger partial charge in [-0.1, -0.05) is 37.3 Å². The largest absolute Gasteiger partial charge is 0.357 e. The average Bonchev–Trinajstić information content (AvgIpc) is 2.88. The summed E-state index contributed by atoms with van der Waals surface area (Å²) in [5, 5.41) is 2.53. The maximum absolute atomic E-state index is 13.7. The third-order valence-corrected chi connectivity index (χ3v) is 7.41. The Morgan fingerprint density at radius 2 is 1.44 bits per heavy atom. The van der Waals surface area contributed by atoms with E-state index in [9.17, 15) is 26.8 Å². The molecule has 0 radical (unpaired) electrons. The highest BCUT2D eigenvalue weighted by Gasteiger charge is 2.33. The summed E-state index contributed by atoms with van der Waals surface area (Å²) < 4.78 is 54.9. The SMILES string of the molecule is CC[C@H](C(=O)NC)N(Cc1ccc(F)cc1)C(=O)CN(c1ccccc1)S(=O)(=O)c1ccc(F)cc1. The van der Waals surface area contributed by atoms with Crippen LogP contribution in [0.15, 0.2) is 83.8 Å². The van der Waals surface area contributed by atoms with Gasteiger partial charge in [0.25, 0.3) is 10.0 Å². The van der Waals surface area contributed by atoms with Crippen molar-refractivity contribution in [3.05, 3.63) is 96.1 Å². The molecule has 0 spiro atoms. The number of amides is 2. The van der Waals surface area contributed by atoms with E-state index in [-0.39, 0.29) is 23.5 Å². The molecule has 3 aromatic rings. The van der Waals surface area contributed by atoms with Gasteiger partial charge in [-0.05, 0) is 60.5 Å². The third-order valence-electron chi connectivity index (χ3n) is 5.62. The quantitative estimate of drug-likeness (QED) is 0.446. The van der Waals surface area contributed by atoms with E-state index in [1.54, 1.807) is 25.1 Å². The van der Waals surface area contributed by atoms with Crippen molar-refractivity contribution < 1.29 is 26.8 Å². The number of hydrogen-bond acceptors (Lipinski definition) is 4. The van der Waals surface area contributed by atoms with E-state index in [0.29, 0.717) is 5.56 Å². The Morgan fingerprint density at radius 3 is 1.97 bits per heavy atom. The van der Waals surface area contributed by atoms with Crippen LogP contribution in [0, 0.1) is 11.6 Å². The van der Waals surface area contributed by atoms with Gasteiger partial charge in [-0.3, -0.25) is 13.9 Å². The van der Waals surface area contributed by atoms with Crippen LogP contribution in [0.3, 0.4) is 0 Å². The van der Waals surface area contributed by atoms with Gasteiger partial charge in [0, 0.05) is 13.6 Å². The standard InChI is InChI=1S/C26H27F2N3O4S/c1-3-24(26(33)29-2)30(17-19-9-11-20(27)12-10-19)25(32)18-31(22-7-5-4-6-8-22)36(34,35)23-15-13-21(28)14-16-23/h4-16,24H,3,17-18H2,1-2H3,(H,29,33)/t24-/m1/s1. The molecule has 0 saturated carbocycles. The summed E-state index contributed by atoms with van der Waals surface area (Å²) in [6.45, 7) is 1.08. The van der Waals surface area contributed by atoms with Gasteiger partial charge >= 0.3 is 0 Å². The van der Waals surface area contributed by atoms with Crippen LogP contribution in [0.25, 0.3) is 0 Å². The fourth-order valence-corrected chi connectivity index (χ4v) is 5.14. The molecule has 0 aliphatic heterocycles. The van der Waals surface area contributed by atoms with Crippen LogP contribution in [0.4, 0.5) is 14.5 Å². The summed E-state index contributed by atoms with van der Waals surface area (Å²) in [5.74, 6) is -2.10. The number of halogens is 2. The van der Waals surface area contributed by atoms with Crippen LogP contribution in [0.2, 0.25) is 0 Å². The van der Waals surface area contributed by atoms with Gasteiger partial charge in [0.1, 0.15) is 24.2 Å². The predicted molar refractivity (Wildman–Crippen MR) is 132 cm³/mol. The van der Waals surface area contributed by atoms with Gasteiger partial charge in [-0.2, -0.15) is 0 Å². The van der Waals surface area contributed by atoms with Gasteiger partial charge in [-0.25, -0.2) is 17.2 Å². The first-order chi connectivity index (χ1) is 17.2. The first-order valence-electron chi connectivity index (χ1n) is 11.3. The molecule has 0 heterocycles. The predicted octanol–water partition coefficient (Wildman–Crippen LogP) is 3.71. The molecular formula is C26H27F2N3O4S. The molecule has 3 aromatic carbocycles. The Hall–Kier alpha value is -3.79. The lowest BCUT2D eigenvalue weighted by molar-refractivity contribution is -0.140. The van der Waals surface area contributed by atoms with E-state index in [2.05, 4.69) is 5.32 Å². The first-order valence-corrected chi connectivity index (χ1v) is 12.7. The summed E-state index contributed by atoms with van der Waals surface area (Å²) in [7, 11) is -2.82. The molecule has 3 rings (SSSR count). The van der Waals surface area contributed by atoms with Crippen molar-refractivity contribution in [1.82, 2.24) is 10.2 Å². The lowest BCUT2D eigenvalue weighted by Crippen LogP contribution is -2.51. The van der Waals surface area contributed by atoms with Crippen molar-refractivity contribution in [2.75, 3.05) is 17.9 Å². The molecule has 0 unspecified atom stereocenters. The number of hydrogen-bond donors (Lipinski definition) is 1. The number of rotatable bonds is 10. The number of carbonyl (C=O) groups is 2. The van der Waals surface area contributed by atoms with E-state index in [0.717, 1.165) is 28.6 Å². The van der Waals surface area contributed by atoms with E-state index in [4.69, 9.17) is 0 Å². The van der Waals surface area contributed by atoms with E-state index in [1.807, 2.05) is 0 Å². The second-order valence-corrected chi connectivity index (χ2v) is 9.85. The van der Waals surface area contributed by atoms with Crippen LogP contribution in [0.5, 0.6) is 0 Å². The second kappa shape index (κ2) is 11.8. The van der Waals surface area contributed by atoms with Gasteiger partial charge in [0.05, 0.1) is 10.6 Å². The number of benzene rings is 3. The van der Waals surface area contributed by atoms with Crippen LogP contribution in [-0.2, 0) is 26.2 Å². The number of anilines is 1. The molecule has 10 heteroatoms. The lowest BCUT2D eigenvalue weighted by Gasteiger charge is -2.33. The lowest BCUT2D eigenvalue weighted by atomic mass is 10.1. The topological polar surface area (TPSA) is 86.8 Å². The Morgan fingerprint density at radius 1 is 0.889 bits per heavy atom. The molecule has 0 aliphatic carbocycles. The Labute approximate surface area is 209 Å². The van der Waals surface area contributed by atoms with Crippen molar-refractivity contribution in [1.29, 1.82) is 0 Å². The normalized spacial score (nSPS) is 12.0. The Balaban J connectivity index is 2.02. The molecule has 1 N–H and O–H groups in total. The zero-order valence-electron chi connectivity index (χ0n) is 19.9. The second-order valence-electron chi connectivity index (χ2n) is 7.99. The van der Waals surface area contributed by atoms with Crippen molar-refractivity contribution in [2.45, 2.75) is 30.8 Å². The molecule has 0 fully saturated rings. The van der Waals surface area contributed by atoms with Gasteiger partial charge in [0.15, 0.2) is 0 Å². The summed E-state index contributed by atoms with van der Waals surface area (Å²) >= 11 is 0. The summed E-state index contributed by atoms with van der Waals surface area (Å²) in [6, 6.07) is 16.9. The van der Waals surface area contributed by atoms with Crippen molar-refractivity contribution in [2.24, 2.45) is 0 Å². The van der Waals surface area contributed by atoms with E-state index in [1.165, 1.54) is 48.3 Å². The van der Waals surface area contributed by atoms with Crippen molar-refractivity contribution in [3.63, 3.8) is 0 Å². The summed E-state index contributed by atoms with van der Waals surface area (Å²) in [4.78, 5) is 27.4. The number of sulfonamides is 1. The molecule has 1 atom stereocenters. The van der Waals surface area contributed by atoms with Gasteiger partial charge < -0.3 is 10.2 Å². The number of carbonyl (C=O) groups excluding carboxylic acids is 2. The molecule has 190 valence electrons. The minimum absolute atomic E-state index is 0.0374. The molecular weight excluding hydrogens is 488 g/mol. The van der Waals surface area contributed by atoms with Gasteiger partial charge in [0.2, 0.25) is 11.8 Å². The molecule has 0 aromatic heterocycles. The minimum atomic E-state index is -4.27. The highest BCUT2D eigenvalue weighted by atomic mass is 32.2. The van der Waals surface area contributed by atoms with Crippen LogP contribution >= 0.6 is 0 Å². The highest BCUT2D eigenvalue weighted by Crippen LogP contribution is 2.25. The monoisotopic (exact) mass is 515 g/mol. The maximum Gasteiger partial charge on any atom is 0.264 e. The number of para-hydroxylation sites is 1. The zero-order valence-corrected chi connectivity index (χ0v) is 20.7. The number of nitrogens with one attached hydrogen (secondary N) is 1. The molecule has 0 saturated heterocycles. The van der Waals surface area contributed by atoms with Gasteiger partial charge in [-0.15, -0.1) is 0 Å². The van der Waals surface area contributed by atoms with Crippen LogP contribution in [0.1, 0.15) is 18.9 Å². The number of likely N-dealkylation sites (N-methyl/N-ethyl adjacent to an activating group) is 1. The van der Waals surface area contributed by atoms with E-state index < -0.39 is 46.1 Å². The van der Waals surface area contributed by atoms with Crippen molar-refractivity contribution in [3.8, 4) is 0 Å². The van der Waals surface area contributed by atoms with E-state index >= 15 is 0 Å². The molecule has 36 heavy (non-hydrogen) atoms. The fourth-order valence-electron chi connectivity index (χ4n) is 3.73. The van der Waals surface area contributed by atoms with Crippen LogP contribution in [-0.4, -0.2) is 44.8 Å². The Bertz CT molecular complexity index is 1290. The minimum Gasteiger partial charge on any atom is -0.357 e. The fraction of sp³-hybridized carbons (Fsp3) is 0.231. The maximum atomic E-state index is 13.7. The zero-order chi connectivity index (χ0) is 26.3. The highest BCUT2D eigenvalue weighted by molar-refractivity contribution is 7.92.